The Balaban J connectivity index is 1.77. The van der Waals surface area contributed by atoms with E-state index >= 15 is 0 Å². The van der Waals surface area contributed by atoms with Gasteiger partial charge < -0.3 is 10.1 Å². The standard InChI is InChI=1S/C21H24F3NO2/c1-20(2,3)17-9-4-15(5-10-17)8-13-19(26)25-14-16-6-11-18(12-7-16)27-21(22,23)24/h4-7,9-12H,8,13-14H2,1-3H3,(H,25,26). The van der Waals surface area contributed by atoms with Crippen LogP contribution in [0.15, 0.2) is 48.5 Å². The van der Waals surface area contributed by atoms with Crippen molar-refractivity contribution in [3.63, 3.8) is 0 Å². The van der Waals surface area contributed by atoms with Crippen LogP contribution in [-0.2, 0) is 23.2 Å². The smallest absolute Gasteiger partial charge is 0.406 e. The summed E-state index contributed by atoms with van der Waals surface area (Å²) >= 11 is 0. The van der Waals surface area contributed by atoms with E-state index in [1.807, 2.05) is 12.1 Å². The van der Waals surface area contributed by atoms with Crippen molar-refractivity contribution in [1.82, 2.24) is 5.32 Å². The Labute approximate surface area is 157 Å². The van der Waals surface area contributed by atoms with Gasteiger partial charge in [-0.1, -0.05) is 57.2 Å². The van der Waals surface area contributed by atoms with Crippen LogP contribution in [0.25, 0.3) is 0 Å². The molecule has 6 heteroatoms. The molecule has 27 heavy (non-hydrogen) atoms. The highest BCUT2D eigenvalue weighted by atomic mass is 19.4. The number of hydrogen-bond donors (Lipinski definition) is 1. The highest BCUT2D eigenvalue weighted by Crippen LogP contribution is 2.23. The monoisotopic (exact) mass is 379 g/mol. The molecule has 0 radical (unpaired) electrons. The molecule has 2 rings (SSSR count). The number of aryl methyl sites for hydroxylation is 1. The number of ether oxygens (including phenoxy) is 1. The summed E-state index contributed by atoms with van der Waals surface area (Å²) in [5.74, 6) is -0.387. The summed E-state index contributed by atoms with van der Waals surface area (Å²) in [5.41, 5.74) is 3.13. The largest absolute Gasteiger partial charge is 0.573 e. The fourth-order valence-corrected chi connectivity index (χ4v) is 2.53. The molecule has 0 saturated carbocycles. The number of nitrogens with one attached hydrogen (secondary N) is 1. The van der Waals surface area contributed by atoms with E-state index < -0.39 is 6.36 Å². The first-order valence-corrected chi connectivity index (χ1v) is 8.74. The van der Waals surface area contributed by atoms with E-state index in [-0.39, 0.29) is 23.6 Å². The minimum atomic E-state index is -4.71. The second-order valence-corrected chi connectivity index (χ2v) is 7.42. The SMILES string of the molecule is CC(C)(C)c1ccc(CCC(=O)NCc2ccc(OC(F)(F)F)cc2)cc1. The summed E-state index contributed by atoms with van der Waals surface area (Å²) in [6, 6.07) is 13.7. The van der Waals surface area contributed by atoms with E-state index in [0.29, 0.717) is 18.4 Å². The zero-order chi connectivity index (χ0) is 20.1. The van der Waals surface area contributed by atoms with Crippen molar-refractivity contribution >= 4 is 5.91 Å². The van der Waals surface area contributed by atoms with Crippen molar-refractivity contribution in [3.8, 4) is 5.75 Å². The van der Waals surface area contributed by atoms with Crippen LogP contribution >= 0.6 is 0 Å². The lowest BCUT2D eigenvalue weighted by atomic mass is 9.86. The van der Waals surface area contributed by atoms with E-state index in [4.69, 9.17) is 0 Å². The molecule has 146 valence electrons. The lowest BCUT2D eigenvalue weighted by Gasteiger charge is -2.19. The Morgan fingerprint density at radius 1 is 0.926 bits per heavy atom. The van der Waals surface area contributed by atoms with Crippen LogP contribution in [0.3, 0.4) is 0 Å². The fraction of sp³-hybridized carbons (Fsp3) is 0.381. The summed E-state index contributed by atoms with van der Waals surface area (Å²) in [6.07, 6.45) is -3.72. The lowest BCUT2D eigenvalue weighted by molar-refractivity contribution is -0.274. The molecule has 0 heterocycles. The Bertz CT molecular complexity index is 745. The number of rotatable bonds is 6. The summed E-state index contributed by atoms with van der Waals surface area (Å²) in [7, 11) is 0. The zero-order valence-corrected chi connectivity index (χ0v) is 15.7. The van der Waals surface area contributed by atoms with Gasteiger partial charge in [-0.25, -0.2) is 0 Å². The highest BCUT2D eigenvalue weighted by molar-refractivity contribution is 5.76. The van der Waals surface area contributed by atoms with Crippen LogP contribution in [0.1, 0.15) is 43.9 Å². The fourth-order valence-electron chi connectivity index (χ4n) is 2.53. The molecule has 0 aromatic heterocycles. The van der Waals surface area contributed by atoms with E-state index in [1.54, 1.807) is 0 Å². The van der Waals surface area contributed by atoms with Crippen molar-refractivity contribution in [1.29, 1.82) is 0 Å². The third kappa shape index (κ3) is 7.33. The van der Waals surface area contributed by atoms with Crippen molar-refractivity contribution in [2.75, 3.05) is 0 Å². The normalized spacial score (nSPS) is 11.9. The van der Waals surface area contributed by atoms with Gasteiger partial charge in [0.15, 0.2) is 0 Å². The molecule has 2 aromatic rings. The van der Waals surface area contributed by atoms with Crippen LogP contribution in [0, 0.1) is 0 Å². The van der Waals surface area contributed by atoms with Crippen LogP contribution in [-0.4, -0.2) is 12.3 Å². The van der Waals surface area contributed by atoms with Crippen LogP contribution in [0.4, 0.5) is 13.2 Å². The van der Waals surface area contributed by atoms with Crippen molar-refractivity contribution in [3.05, 3.63) is 65.2 Å². The second kappa shape index (κ2) is 8.46. The van der Waals surface area contributed by atoms with Gasteiger partial charge in [0.25, 0.3) is 0 Å². The molecule has 3 nitrogen and oxygen atoms in total. The summed E-state index contributed by atoms with van der Waals surface area (Å²) in [4.78, 5) is 12.0. The van der Waals surface area contributed by atoms with Crippen molar-refractivity contribution in [2.45, 2.75) is 51.9 Å². The van der Waals surface area contributed by atoms with Gasteiger partial charge >= 0.3 is 6.36 Å². The molecular weight excluding hydrogens is 355 g/mol. The molecule has 0 unspecified atom stereocenters. The quantitative estimate of drug-likeness (QED) is 0.755. The minimum absolute atomic E-state index is 0.0938. The Morgan fingerprint density at radius 2 is 1.48 bits per heavy atom. The third-order valence-corrected chi connectivity index (χ3v) is 4.11. The molecular formula is C21H24F3NO2. The first-order valence-electron chi connectivity index (χ1n) is 8.74. The number of carbonyl (C=O) groups excluding carboxylic acids is 1. The molecule has 2 aromatic carbocycles. The van der Waals surface area contributed by atoms with E-state index in [1.165, 1.54) is 29.8 Å². The molecule has 0 fully saturated rings. The van der Waals surface area contributed by atoms with Crippen LogP contribution in [0.2, 0.25) is 0 Å². The van der Waals surface area contributed by atoms with Gasteiger partial charge in [0.2, 0.25) is 5.91 Å². The minimum Gasteiger partial charge on any atom is -0.406 e. The summed E-state index contributed by atoms with van der Waals surface area (Å²) in [5, 5.41) is 2.77. The average Bonchev–Trinajstić information content (AvgIpc) is 2.57. The predicted molar refractivity (Wildman–Crippen MR) is 98.4 cm³/mol. The molecule has 0 aliphatic rings. The maximum atomic E-state index is 12.1. The van der Waals surface area contributed by atoms with Crippen molar-refractivity contribution in [2.24, 2.45) is 0 Å². The Morgan fingerprint density at radius 3 is 2.00 bits per heavy atom. The van der Waals surface area contributed by atoms with Crippen LogP contribution in [0.5, 0.6) is 5.75 Å². The lowest BCUT2D eigenvalue weighted by Crippen LogP contribution is -2.23. The van der Waals surface area contributed by atoms with E-state index in [0.717, 1.165) is 5.56 Å². The van der Waals surface area contributed by atoms with E-state index in [9.17, 15) is 18.0 Å². The summed E-state index contributed by atoms with van der Waals surface area (Å²) in [6.45, 7) is 6.71. The van der Waals surface area contributed by atoms with Gasteiger partial charge in [-0.05, 0) is 40.7 Å². The van der Waals surface area contributed by atoms with E-state index in [2.05, 4.69) is 43.0 Å². The van der Waals surface area contributed by atoms with Gasteiger partial charge in [0, 0.05) is 13.0 Å². The second-order valence-electron chi connectivity index (χ2n) is 7.42. The number of halogens is 3. The first kappa shape index (κ1) is 20.8. The number of carbonyl (C=O) groups is 1. The molecule has 0 saturated heterocycles. The Kier molecular flexibility index (Phi) is 6.52. The van der Waals surface area contributed by atoms with Gasteiger partial charge in [-0.2, -0.15) is 0 Å². The molecule has 0 atom stereocenters. The maximum Gasteiger partial charge on any atom is 0.573 e. The first-order chi connectivity index (χ1) is 12.5. The summed E-state index contributed by atoms with van der Waals surface area (Å²) < 4.78 is 40.2. The predicted octanol–water partition coefficient (Wildman–Crippen LogP) is 5.13. The molecule has 1 amide bonds. The Hall–Kier alpha value is -2.50. The average molecular weight is 379 g/mol. The van der Waals surface area contributed by atoms with Gasteiger partial charge in [-0.3, -0.25) is 4.79 Å². The molecule has 0 spiro atoms. The molecule has 0 bridgehead atoms. The van der Waals surface area contributed by atoms with Gasteiger partial charge in [0.1, 0.15) is 5.75 Å². The van der Waals surface area contributed by atoms with Crippen LogP contribution < -0.4 is 10.1 Å². The third-order valence-electron chi connectivity index (χ3n) is 4.11. The number of alkyl halides is 3. The van der Waals surface area contributed by atoms with Crippen molar-refractivity contribution < 1.29 is 22.7 Å². The number of amides is 1. The topological polar surface area (TPSA) is 38.3 Å². The number of hydrogen-bond acceptors (Lipinski definition) is 2. The molecule has 0 aliphatic carbocycles. The number of benzene rings is 2. The molecule has 1 N–H and O–H groups in total. The zero-order valence-electron chi connectivity index (χ0n) is 15.7. The van der Waals surface area contributed by atoms with Gasteiger partial charge in [0.05, 0.1) is 0 Å². The highest BCUT2D eigenvalue weighted by Gasteiger charge is 2.30. The molecule has 0 aliphatic heterocycles. The maximum absolute atomic E-state index is 12.1. The van der Waals surface area contributed by atoms with Gasteiger partial charge in [-0.15, -0.1) is 13.2 Å².